The SMILES string of the molecule is CCN(CCCN(C)C)S(=O)(=O)c1cc(C(=O)O)cs1. The van der Waals surface area contributed by atoms with Gasteiger partial charge in [0.05, 0.1) is 5.56 Å². The van der Waals surface area contributed by atoms with Gasteiger partial charge in [-0.15, -0.1) is 11.3 Å². The molecule has 1 aromatic rings. The van der Waals surface area contributed by atoms with Crippen molar-refractivity contribution in [2.45, 2.75) is 17.6 Å². The zero-order chi connectivity index (χ0) is 15.3. The minimum atomic E-state index is -3.59. The summed E-state index contributed by atoms with van der Waals surface area (Å²) in [4.78, 5) is 12.8. The van der Waals surface area contributed by atoms with Crippen LogP contribution in [-0.4, -0.2) is 62.4 Å². The third-order valence-electron chi connectivity index (χ3n) is 2.78. The predicted molar refractivity (Wildman–Crippen MR) is 78.9 cm³/mol. The summed E-state index contributed by atoms with van der Waals surface area (Å²) < 4.78 is 26.3. The third kappa shape index (κ3) is 4.27. The van der Waals surface area contributed by atoms with Gasteiger partial charge in [-0.1, -0.05) is 6.92 Å². The topological polar surface area (TPSA) is 77.9 Å². The van der Waals surface area contributed by atoms with Crippen LogP contribution in [0.1, 0.15) is 23.7 Å². The number of rotatable bonds is 8. The molecule has 0 saturated carbocycles. The second kappa shape index (κ2) is 7.16. The molecule has 1 heterocycles. The standard InChI is InChI=1S/C12H20N2O4S2/c1-4-14(7-5-6-13(2)3)20(17,18)11-8-10(9-19-11)12(15)16/h8-9H,4-7H2,1-3H3,(H,15,16). The number of hydrogen-bond donors (Lipinski definition) is 1. The molecule has 8 heteroatoms. The number of nitrogens with zero attached hydrogens (tertiary/aromatic N) is 2. The van der Waals surface area contributed by atoms with E-state index in [1.807, 2.05) is 19.0 Å². The first kappa shape index (κ1) is 17.1. The zero-order valence-corrected chi connectivity index (χ0v) is 13.5. The quantitative estimate of drug-likeness (QED) is 0.783. The molecule has 1 N–H and O–H groups in total. The van der Waals surface area contributed by atoms with Crippen LogP contribution in [0.4, 0.5) is 0 Å². The highest BCUT2D eigenvalue weighted by Crippen LogP contribution is 2.24. The molecule has 0 aromatic carbocycles. The van der Waals surface area contributed by atoms with E-state index >= 15 is 0 Å². The Morgan fingerprint density at radius 3 is 2.45 bits per heavy atom. The van der Waals surface area contributed by atoms with E-state index in [-0.39, 0.29) is 9.77 Å². The second-order valence-corrected chi connectivity index (χ2v) is 7.69. The van der Waals surface area contributed by atoms with Gasteiger partial charge in [-0.05, 0) is 33.1 Å². The van der Waals surface area contributed by atoms with Crippen molar-refractivity contribution in [3.05, 3.63) is 17.0 Å². The third-order valence-corrected chi connectivity index (χ3v) is 6.17. The van der Waals surface area contributed by atoms with Crippen LogP contribution < -0.4 is 0 Å². The van der Waals surface area contributed by atoms with Crippen molar-refractivity contribution in [1.29, 1.82) is 0 Å². The summed E-state index contributed by atoms with van der Waals surface area (Å²) in [6, 6.07) is 1.22. The summed E-state index contributed by atoms with van der Waals surface area (Å²) in [5.41, 5.74) is 0.0120. The first-order valence-corrected chi connectivity index (χ1v) is 8.57. The lowest BCUT2D eigenvalue weighted by Gasteiger charge is -2.20. The molecular weight excluding hydrogens is 300 g/mol. The van der Waals surface area contributed by atoms with Gasteiger partial charge in [0.2, 0.25) is 0 Å². The monoisotopic (exact) mass is 320 g/mol. The molecule has 0 unspecified atom stereocenters. The highest BCUT2D eigenvalue weighted by Gasteiger charge is 2.25. The summed E-state index contributed by atoms with van der Waals surface area (Å²) in [7, 11) is 0.276. The summed E-state index contributed by atoms with van der Waals surface area (Å²) in [5, 5.41) is 10.2. The highest BCUT2D eigenvalue weighted by atomic mass is 32.2. The van der Waals surface area contributed by atoms with Crippen LogP contribution >= 0.6 is 11.3 Å². The maximum Gasteiger partial charge on any atom is 0.336 e. The van der Waals surface area contributed by atoms with Crippen LogP contribution in [0.25, 0.3) is 0 Å². The molecule has 20 heavy (non-hydrogen) atoms. The van der Waals surface area contributed by atoms with Crippen molar-refractivity contribution in [2.24, 2.45) is 0 Å². The lowest BCUT2D eigenvalue weighted by molar-refractivity contribution is 0.0697. The normalized spacial score (nSPS) is 12.2. The average molecular weight is 320 g/mol. The molecule has 6 nitrogen and oxygen atoms in total. The number of carboxylic acids is 1. The fraction of sp³-hybridized carbons (Fsp3) is 0.583. The van der Waals surface area contributed by atoms with Crippen molar-refractivity contribution < 1.29 is 18.3 Å². The molecule has 0 aliphatic rings. The molecule has 0 atom stereocenters. The predicted octanol–water partition coefficient (Wildman–Crippen LogP) is 1.41. The number of hydrogen-bond acceptors (Lipinski definition) is 5. The minimum absolute atomic E-state index is 0.0120. The van der Waals surface area contributed by atoms with Crippen molar-refractivity contribution >= 4 is 27.3 Å². The van der Waals surface area contributed by atoms with E-state index in [0.29, 0.717) is 13.1 Å². The minimum Gasteiger partial charge on any atom is -0.478 e. The number of aromatic carboxylic acids is 1. The largest absolute Gasteiger partial charge is 0.478 e. The van der Waals surface area contributed by atoms with E-state index in [0.717, 1.165) is 24.3 Å². The van der Waals surface area contributed by atoms with Gasteiger partial charge in [-0.25, -0.2) is 13.2 Å². The van der Waals surface area contributed by atoms with E-state index < -0.39 is 16.0 Å². The molecule has 1 rings (SSSR count). The molecule has 0 aliphatic carbocycles. The van der Waals surface area contributed by atoms with E-state index in [4.69, 9.17) is 5.11 Å². The molecule has 0 fully saturated rings. The molecule has 0 aliphatic heterocycles. The van der Waals surface area contributed by atoms with Gasteiger partial charge < -0.3 is 10.0 Å². The molecule has 0 radical (unpaired) electrons. The second-order valence-electron chi connectivity index (χ2n) is 4.61. The lowest BCUT2D eigenvalue weighted by Crippen LogP contribution is -2.32. The van der Waals surface area contributed by atoms with Crippen molar-refractivity contribution in [3.8, 4) is 0 Å². The number of thiophene rings is 1. The van der Waals surface area contributed by atoms with Gasteiger partial charge in [-0.3, -0.25) is 0 Å². The summed E-state index contributed by atoms with van der Waals surface area (Å²) in [6.45, 7) is 3.38. The summed E-state index contributed by atoms with van der Waals surface area (Å²) in [5.74, 6) is -1.11. The molecule has 1 aromatic heterocycles. The van der Waals surface area contributed by atoms with Crippen LogP contribution in [0.3, 0.4) is 0 Å². The van der Waals surface area contributed by atoms with E-state index in [1.165, 1.54) is 15.8 Å². The van der Waals surface area contributed by atoms with Gasteiger partial charge in [0.15, 0.2) is 0 Å². The van der Waals surface area contributed by atoms with Crippen LogP contribution in [0, 0.1) is 0 Å². The molecule has 0 bridgehead atoms. The Bertz CT molecular complexity index is 552. The first-order chi connectivity index (χ1) is 9.28. The van der Waals surface area contributed by atoms with Crippen LogP contribution in [-0.2, 0) is 10.0 Å². The molecule has 114 valence electrons. The van der Waals surface area contributed by atoms with Crippen LogP contribution in [0.5, 0.6) is 0 Å². The first-order valence-electron chi connectivity index (χ1n) is 6.25. The van der Waals surface area contributed by atoms with Crippen LogP contribution in [0.2, 0.25) is 0 Å². The summed E-state index contributed by atoms with van der Waals surface area (Å²) in [6.07, 6.45) is 0.733. The van der Waals surface area contributed by atoms with Gasteiger partial charge in [0.25, 0.3) is 10.0 Å². The summed E-state index contributed by atoms with van der Waals surface area (Å²) >= 11 is 0.947. The maximum atomic E-state index is 12.4. The number of sulfonamides is 1. The molecular formula is C12H20N2O4S2. The Morgan fingerprint density at radius 2 is 2.00 bits per heavy atom. The van der Waals surface area contributed by atoms with Gasteiger partial charge in [0, 0.05) is 18.5 Å². The lowest BCUT2D eigenvalue weighted by atomic mass is 10.4. The average Bonchev–Trinajstić information content (AvgIpc) is 2.84. The van der Waals surface area contributed by atoms with Crippen LogP contribution in [0.15, 0.2) is 15.7 Å². The molecule has 0 amide bonds. The Labute approximate surface area is 123 Å². The van der Waals surface area contributed by atoms with E-state index in [9.17, 15) is 13.2 Å². The van der Waals surface area contributed by atoms with Crippen molar-refractivity contribution in [2.75, 3.05) is 33.7 Å². The van der Waals surface area contributed by atoms with Crippen molar-refractivity contribution in [1.82, 2.24) is 9.21 Å². The molecule has 0 spiro atoms. The van der Waals surface area contributed by atoms with E-state index in [1.54, 1.807) is 6.92 Å². The number of carboxylic acid groups (broad SMARTS) is 1. The Balaban J connectivity index is 2.85. The zero-order valence-electron chi connectivity index (χ0n) is 11.9. The fourth-order valence-electron chi connectivity index (χ4n) is 1.70. The molecule has 0 saturated heterocycles. The van der Waals surface area contributed by atoms with E-state index in [2.05, 4.69) is 0 Å². The number of carbonyl (C=O) groups is 1. The van der Waals surface area contributed by atoms with Crippen molar-refractivity contribution in [3.63, 3.8) is 0 Å². The Kier molecular flexibility index (Phi) is 6.12. The Hall–Kier alpha value is -0.960. The maximum absolute atomic E-state index is 12.4. The fourth-order valence-corrected chi connectivity index (χ4v) is 4.50. The Morgan fingerprint density at radius 1 is 1.35 bits per heavy atom. The highest BCUT2D eigenvalue weighted by molar-refractivity contribution is 7.91. The van der Waals surface area contributed by atoms with Gasteiger partial charge in [-0.2, -0.15) is 4.31 Å². The smallest absolute Gasteiger partial charge is 0.336 e. The van der Waals surface area contributed by atoms with Gasteiger partial charge >= 0.3 is 5.97 Å². The van der Waals surface area contributed by atoms with Gasteiger partial charge in [0.1, 0.15) is 4.21 Å².